The second-order valence-corrected chi connectivity index (χ2v) is 5.17. The van der Waals surface area contributed by atoms with Crippen LogP contribution in [0.2, 0.25) is 0 Å². The van der Waals surface area contributed by atoms with Gasteiger partial charge in [0.2, 0.25) is 0 Å². The number of hydrogen-bond acceptors (Lipinski definition) is 3. The molecule has 0 saturated carbocycles. The van der Waals surface area contributed by atoms with Crippen LogP contribution in [-0.2, 0) is 6.54 Å². The molecule has 1 aromatic heterocycles. The predicted molar refractivity (Wildman–Crippen MR) is 91.8 cm³/mol. The molecule has 1 aromatic carbocycles. The van der Waals surface area contributed by atoms with Gasteiger partial charge in [0.25, 0.3) is 0 Å². The average molecular weight is 283 g/mol. The van der Waals surface area contributed by atoms with E-state index in [0.29, 0.717) is 0 Å². The second kappa shape index (κ2) is 7.79. The second-order valence-electron chi connectivity index (χ2n) is 5.17. The van der Waals surface area contributed by atoms with Crippen molar-refractivity contribution in [3.05, 3.63) is 48.7 Å². The zero-order valence-corrected chi connectivity index (χ0v) is 13.1. The van der Waals surface area contributed by atoms with Gasteiger partial charge in [-0.1, -0.05) is 44.2 Å². The minimum Gasteiger partial charge on any atom is -0.352 e. The van der Waals surface area contributed by atoms with Crippen molar-refractivity contribution in [3.8, 4) is 0 Å². The molecule has 0 aliphatic rings. The summed E-state index contributed by atoms with van der Waals surface area (Å²) in [6.07, 6.45) is 5.05. The monoisotopic (exact) mass is 283 g/mol. The number of rotatable bonds is 8. The molecule has 0 aliphatic carbocycles. The van der Waals surface area contributed by atoms with E-state index >= 15 is 0 Å². The van der Waals surface area contributed by atoms with Crippen LogP contribution in [-0.4, -0.2) is 24.6 Å². The third kappa shape index (κ3) is 3.61. The summed E-state index contributed by atoms with van der Waals surface area (Å²) in [5.74, 6) is 1.06. The first kappa shape index (κ1) is 15.5. The molecule has 3 nitrogen and oxygen atoms in total. The molecule has 2 rings (SSSR count). The van der Waals surface area contributed by atoms with Crippen molar-refractivity contribution in [2.75, 3.05) is 24.5 Å². The van der Waals surface area contributed by atoms with Gasteiger partial charge in [-0.25, -0.2) is 4.98 Å². The zero-order chi connectivity index (χ0) is 15.1. The molecule has 1 heterocycles. The van der Waals surface area contributed by atoms with Gasteiger partial charge in [-0.05, 0) is 23.9 Å². The Morgan fingerprint density at radius 1 is 1.24 bits per heavy atom. The lowest BCUT2D eigenvalue weighted by Crippen LogP contribution is -2.25. The summed E-state index contributed by atoms with van der Waals surface area (Å²) < 4.78 is 0. The number of fused-ring (bicyclic) bond motifs is 1. The highest BCUT2D eigenvalue weighted by Gasteiger charge is 2.12. The summed E-state index contributed by atoms with van der Waals surface area (Å²) in [5.41, 5.74) is 1.26. The minimum absolute atomic E-state index is 0.831. The van der Waals surface area contributed by atoms with Crippen molar-refractivity contribution in [2.45, 2.75) is 26.8 Å². The number of anilines is 1. The maximum atomic E-state index is 4.74. The third-order valence-electron chi connectivity index (χ3n) is 3.56. The van der Waals surface area contributed by atoms with Crippen molar-refractivity contribution in [3.63, 3.8) is 0 Å². The molecular formula is C18H25N3. The molecule has 1 N–H and O–H groups in total. The molecule has 0 bridgehead atoms. The first-order valence-corrected chi connectivity index (χ1v) is 7.75. The number of nitrogens with one attached hydrogen (secondary N) is 1. The van der Waals surface area contributed by atoms with Crippen molar-refractivity contribution in [1.82, 2.24) is 10.3 Å². The van der Waals surface area contributed by atoms with Crippen LogP contribution in [0.25, 0.3) is 10.8 Å². The molecule has 0 atom stereocenters. The SMILES string of the molecule is C=CCN(CCC)c1ncc(CNCC)c2ccccc12. The van der Waals surface area contributed by atoms with Crippen LogP contribution < -0.4 is 10.2 Å². The van der Waals surface area contributed by atoms with Crippen molar-refractivity contribution < 1.29 is 0 Å². The van der Waals surface area contributed by atoms with Crippen molar-refractivity contribution in [2.24, 2.45) is 0 Å². The highest BCUT2D eigenvalue weighted by Crippen LogP contribution is 2.27. The summed E-state index contributed by atoms with van der Waals surface area (Å²) in [6, 6.07) is 8.53. The van der Waals surface area contributed by atoms with Crippen molar-refractivity contribution in [1.29, 1.82) is 0 Å². The third-order valence-corrected chi connectivity index (χ3v) is 3.56. The van der Waals surface area contributed by atoms with Crippen LogP contribution in [0.1, 0.15) is 25.8 Å². The van der Waals surface area contributed by atoms with Gasteiger partial charge in [0.15, 0.2) is 0 Å². The predicted octanol–water partition coefficient (Wildman–Crippen LogP) is 3.75. The quantitative estimate of drug-likeness (QED) is 0.748. The van der Waals surface area contributed by atoms with E-state index in [4.69, 9.17) is 4.98 Å². The Morgan fingerprint density at radius 3 is 2.67 bits per heavy atom. The fourth-order valence-corrected chi connectivity index (χ4v) is 2.60. The highest BCUT2D eigenvalue weighted by atomic mass is 15.2. The molecule has 0 unspecified atom stereocenters. The van der Waals surface area contributed by atoms with Gasteiger partial charge >= 0.3 is 0 Å². The van der Waals surface area contributed by atoms with E-state index in [1.54, 1.807) is 0 Å². The Kier molecular flexibility index (Phi) is 5.76. The van der Waals surface area contributed by atoms with Gasteiger partial charge in [0, 0.05) is 31.2 Å². The van der Waals surface area contributed by atoms with Gasteiger partial charge in [-0.2, -0.15) is 0 Å². The Hall–Kier alpha value is -1.87. The molecule has 0 fully saturated rings. The molecule has 3 heteroatoms. The first-order chi connectivity index (χ1) is 10.3. The molecule has 112 valence electrons. The maximum absolute atomic E-state index is 4.74. The van der Waals surface area contributed by atoms with Gasteiger partial charge in [-0.3, -0.25) is 0 Å². The van der Waals surface area contributed by atoms with Crippen LogP contribution in [0.5, 0.6) is 0 Å². The molecule has 0 spiro atoms. The van der Waals surface area contributed by atoms with Crippen LogP contribution in [0.3, 0.4) is 0 Å². The highest BCUT2D eigenvalue weighted by molar-refractivity contribution is 5.94. The van der Waals surface area contributed by atoms with E-state index in [-0.39, 0.29) is 0 Å². The van der Waals surface area contributed by atoms with Gasteiger partial charge in [-0.15, -0.1) is 6.58 Å². The van der Waals surface area contributed by atoms with Crippen LogP contribution in [0.4, 0.5) is 5.82 Å². The zero-order valence-electron chi connectivity index (χ0n) is 13.1. The van der Waals surface area contributed by atoms with Gasteiger partial charge in [0.05, 0.1) is 0 Å². The smallest absolute Gasteiger partial charge is 0.136 e. The lowest BCUT2D eigenvalue weighted by Gasteiger charge is -2.23. The largest absolute Gasteiger partial charge is 0.352 e. The standard InChI is InChI=1S/C18H25N3/c1-4-11-21(12-5-2)18-17-10-8-7-9-16(17)15(14-20-18)13-19-6-3/h4,7-10,14,19H,1,5-6,11-13H2,2-3H3. The summed E-state index contributed by atoms with van der Waals surface area (Å²) in [4.78, 5) is 7.03. The minimum atomic E-state index is 0.831. The maximum Gasteiger partial charge on any atom is 0.136 e. The van der Waals surface area contributed by atoms with Crippen molar-refractivity contribution >= 4 is 16.6 Å². The van der Waals surface area contributed by atoms with Gasteiger partial charge in [0.1, 0.15) is 5.82 Å². The topological polar surface area (TPSA) is 28.2 Å². The summed E-state index contributed by atoms with van der Waals surface area (Å²) in [7, 11) is 0. The molecule has 21 heavy (non-hydrogen) atoms. The number of hydrogen-bond donors (Lipinski definition) is 1. The molecule has 0 radical (unpaired) electrons. The summed E-state index contributed by atoms with van der Waals surface area (Å²) >= 11 is 0. The van der Waals surface area contributed by atoms with Crippen LogP contribution >= 0.6 is 0 Å². The Labute approximate surface area is 127 Å². The van der Waals surface area contributed by atoms with E-state index in [1.165, 1.54) is 16.3 Å². The van der Waals surface area contributed by atoms with E-state index in [9.17, 15) is 0 Å². The van der Waals surface area contributed by atoms with Gasteiger partial charge < -0.3 is 10.2 Å². The Morgan fingerprint density at radius 2 is 2.00 bits per heavy atom. The number of benzene rings is 1. The normalized spacial score (nSPS) is 10.8. The lowest BCUT2D eigenvalue weighted by atomic mass is 10.1. The summed E-state index contributed by atoms with van der Waals surface area (Å²) in [6.45, 7) is 11.8. The van der Waals surface area contributed by atoms with E-state index in [2.05, 4.69) is 54.9 Å². The summed E-state index contributed by atoms with van der Waals surface area (Å²) in [5, 5.41) is 5.90. The molecule has 0 amide bonds. The number of pyridine rings is 1. The Bertz CT molecular complexity index is 592. The fraction of sp³-hybridized carbons (Fsp3) is 0.389. The lowest BCUT2D eigenvalue weighted by molar-refractivity contribution is 0.727. The number of aromatic nitrogens is 1. The molecule has 0 saturated heterocycles. The van der Waals surface area contributed by atoms with Crippen LogP contribution in [0.15, 0.2) is 43.1 Å². The van der Waals surface area contributed by atoms with E-state index in [1.807, 2.05) is 12.3 Å². The number of nitrogens with zero attached hydrogens (tertiary/aromatic N) is 2. The first-order valence-electron chi connectivity index (χ1n) is 7.75. The molecule has 0 aliphatic heterocycles. The van der Waals surface area contributed by atoms with E-state index < -0.39 is 0 Å². The Balaban J connectivity index is 2.47. The fourth-order valence-electron chi connectivity index (χ4n) is 2.60. The molecule has 2 aromatic rings. The van der Waals surface area contributed by atoms with E-state index in [0.717, 1.165) is 38.4 Å². The van der Waals surface area contributed by atoms with Crippen LogP contribution in [0, 0.1) is 0 Å². The average Bonchev–Trinajstić information content (AvgIpc) is 2.52. The molecular weight excluding hydrogens is 258 g/mol.